The molecule has 11 heteroatoms. The smallest absolute Gasteiger partial charge is 0.397 e. The molecule has 0 saturated carbocycles. The maximum atomic E-state index is 13.7. The predicted octanol–water partition coefficient (Wildman–Crippen LogP) is 9.94. The summed E-state index contributed by atoms with van der Waals surface area (Å²) in [6.07, 6.45) is 0. The highest BCUT2D eigenvalue weighted by molar-refractivity contribution is 7.42. The Morgan fingerprint density at radius 2 is 1.30 bits per heavy atom. The van der Waals surface area contributed by atoms with Gasteiger partial charge in [0.25, 0.3) is 9.03 Å². The largest absolute Gasteiger partial charge is 0.465 e. The van der Waals surface area contributed by atoms with Crippen LogP contribution < -0.4 is 13.6 Å². The van der Waals surface area contributed by atoms with E-state index in [1.807, 2.05) is 87.5 Å². The molecule has 0 bridgehead atoms. The van der Waals surface area contributed by atoms with Crippen LogP contribution in [0, 0.1) is 6.92 Å². The van der Waals surface area contributed by atoms with Crippen LogP contribution in [0.5, 0.6) is 17.2 Å². The second-order valence-electron chi connectivity index (χ2n) is 12.8. The molecule has 9 nitrogen and oxygen atoms in total. The van der Waals surface area contributed by atoms with Crippen LogP contribution in [-0.2, 0) is 23.9 Å². The van der Waals surface area contributed by atoms with E-state index in [1.54, 1.807) is 0 Å². The number of esters is 2. The van der Waals surface area contributed by atoms with Crippen molar-refractivity contribution in [2.75, 3.05) is 27.4 Å². The summed E-state index contributed by atoms with van der Waals surface area (Å²) >= 11 is 0. The van der Waals surface area contributed by atoms with Crippen molar-refractivity contribution in [1.82, 2.24) is 0 Å². The molecule has 0 aromatic heterocycles. The third kappa shape index (κ3) is 6.88. The van der Waals surface area contributed by atoms with Crippen molar-refractivity contribution in [1.29, 1.82) is 0 Å². The van der Waals surface area contributed by atoms with Crippen molar-refractivity contribution in [3.05, 3.63) is 112 Å². The van der Waals surface area contributed by atoms with Crippen molar-refractivity contribution in [3.8, 4) is 17.2 Å². The average molecular weight is 715 g/mol. The van der Waals surface area contributed by atoms with E-state index in [-0.39, 0.29) is 22.8 Å². The summed E-state index contributed by atoms with van der Waals surface area (Å²) in [5.41, 5.74) is 2.94. The SMILES string of the molecule is COC(=O)c1c(OPOc2cc(C)ccc2C(C)C)c(C(C)(C)c2cc3ccccc3c(C(=O)OC)c2OP2OCCO2)cc2ccccc12. The molecule has 1 atom stereocenters. The number of hydrogen-bond donors (Lipinski definition) is 0. The summed E-state index contributed by atoms with van der Waals surface area (Å²) < 4.78 is 41.5. The molecule has 1 unspecified atom stereocenters. The minimum Gasteiger partial charge on any atom is -0.465 e. The van der Waals surface area contributed by atoms with Gasteiger partial charge >= 0.3 is 20.5 Å². The lowest BCUT2D eigenvalue weighted by molar-refractivity contribution is 0.0591. The van der Waals surface area contributed by atoms with Crippen molar-refractivity contribution >= 4 is 51.1 Å². The van der Waals surface area contributed by atoms with E-state index in [9.17, 15) is 9.59 Å². The Labute approximate surface area is 295 Å². The lowest BCUT2D eigenvalue weighted by atomic mass is 9.74. The van der Waals surface area contributed by atoms with Crippen molar-refractivity contribution in [3.63, 3.8) is 0 Å². The molecule has 50 heavy (non-hydrogen) atoms. The molecule has 0 N–H and O–H groups in total. The summed E-state index contributed by atoms with van der Waals surface area (Å²) in [6.45, 7) is 11.0. The van der Waals surface area contributed by atoms with Gasteiger partial charge < -0.3 is 32.1 Å². The zero-order valence-electron chi connectivity index (χ0n) is 29.1. The van der Waals surface area contributed by atoms with Crippen LogP contribution in [0.3, 0.4) is 0 Å². The maximum absolute atomic E-state index is 13.7. The molecular weight excluding hydrogens is 674 g/mol. The van der Waals surface area contributed by atoms with Crippen molar-refractivity contribution in [2.24, 2.45) is 0 Å². The van der Waals surface area contributed by atoms with Gasteiger partial charge in [-0.1, -0.05) is 88.4 Å². The number of carbonyl (C=O) groups excluding carboxylic acids is 2. The molecule has 6 rings (SSSR count). The fourth-order valence-electron chi connectivity index (χ4n) is 6.24. The highest BCUT2D eigenvalue weighted by Crippen LogP contribution is 2.53. The second kappa shape index (κ2) is 14.9. The third-order valence-corrected chi connectivity index (χ3v) is 10.6. The molecule has 5 aromatic carbocycles. The Morgan fingerprint density at radius 1 is 0.760 bits per heavy atom. The molecule has 0 amide bonds. The highest BCUT2D eigenvalue weighted by atomic mass is 31.2. The second-order valence-corrected chi connectivity index (χ2v) is 14.5. The first-order chi connectivity index (χ1) is 24.0. The Morgan fingerprint density at radius 3 is 1.86 bits per heavy atom. The zero-order chi connectivity index (χ0) is 35.6. The molecule has 1 heterocycles. The first-order valence-corrected chi connectivity index (χ1v) is 18.2. The number of hydrogen-bond acceptors (Lipinski definition) is 9. The van der Waals surface area contributed by atoms with Crippen LogP contribution in [0.4, 0.5) is 0 Å². The first-order valence-electron chi connectivity index (χ1n) is 16.3. The first kappa shape index (κ1) is 35.6. The standard InChI is InChI=1S/C39H40O9P2/c1-23(2)27-17-16-24(3)20-32(27)46-49-47-35-30(21-25-12-8-10-14-28(25)33(35)37(40)42-6)39(4,5)31-22-26-13-9-11-15-29(26)34(38(41)43-7)36(31)48-50-44-18-19-45-50/h8-17,20-23,49H,18-19H2,1-7H3. The molecule has 1 aliphatic heterocycles. The Balaban J connectivity index is 1.58. The van der Waals surface area contributed by atoms with Crippen LogP contribution in [0.25, 0.3) is 21.5 Å². The van der Waals surface area contributed by atoms with E-state index in [2.05, 4.69) is 26.0 Å². The lowest BCUT2D eigenvalue weighted by Gasteiger charge is -2.32. The van der Waals surface area contributed by atoms with Gasteiger partial charge in [-0.3, -0.25) is 0 Å². The lowest BCUT2D eigenvalue weighted by Crippen LogP contribution is -2.23. The van der Waals surface area contributed by atoms with Crippen LogP contribution in [0.1, 0.15) is 76.6 Å². The summed E-state index contributed by atoms with van der Waals surface area (Å²) in [7, 11) is 0.394. The fraction of sp³-hybridized carbons (Fsp3) is 0.282. The maximum Gasteiger partial charge on any atom is 0.397 e. The number of carbonyl (C=O) groups is 2. The van der Waals surface area contributed by atoms with Crippen LogP contribution in [0.2, 0.25) is 0 Å². The van der Waals surface area contributed by atoms with Gasteiger partial charge in [-0.25, -0.2) is 9.59 Å². The zero-order valence-corrected chi connectivity index (χ0v) is 31.0. The van der Waals surface area contributed by atoms with Gasteiger partial charge in [0.05, 0.1) is 27.4 Å². The van der Waals surface area contributed by atoms with Gasteiger partial charge in [-0.2, -0.15) is 0 Å². The minimum absolute atomic E-state index is 0.223. The van der Waals surface area contributed by atoms with Crippen molar-refractivity contribution < 1.29 is 41.7 Å². The van der Waals surface area contributed by atoms with Gasteiger partial charge in [0.15, 0.2) is 0 Å². The monoisotopic (exact) mass is 714 g/mol. The van der Waals surface area contributed by atoms with E-state index in [0.717, 1.165) is 21.9 Å². The Hall–Kier alpha value is -4.26. The molecular formula is C39H40O9P2. The molecule has 260 valence electrons. The number of fused-ring (bicyclic) bond motifs is 2. The van der Waals surface area contributed by atoms with Gasteiger partial charge in [0.2, 0.25) is 0 Å². The molecule has 0 radical (unpaired) electrons. The van der Waals surface area contributed by atoms with Gasteiger partial charge in [-0.05, 0) is 63.7 Å². The Bertz CT molecular complexity index is 2070. The summed E-state index contributed by atoms with van der Waals surface area (Å²) in [4.78, 5) is 27.2. The minimum atomic E-state index is -1.79. The normalized spacial score (nSPS) is 13.8. The summed E-state index contributed by atoms with van der Waals surface area (Å²) in [6, 6.07) is 25.2. The van der Waals surface area contributed by atoms with Gasteiger partial charge in [-0.15, -0.1) is 0 Å². The van der Waals surface area contributed by atoms with Gasteiger partial charge in [0.1, 0.15) is 28.4 Å². The molecule has 0 spiro atoms. The van der Waals surface area contributed by atoms with Crippen LogP contribution in [0.15, 0.2) is 78.9 Å². The van der Waals surface area contributed by atoms with E-state index >= 15 is 0 Å². The highest BCUT2D eigenvalue weighted by Gasteiger charge is 2.38. The Kier molecular flexibility index (Phi) is 10.6. The van der Waals surface area contributed by atoms with E-state index in [0.29, 0.717) is 46.6 Å². The number of rotatable bonds is 11. The quantitative estimate of drug-likeness (QED) is 0.0978. The average Bonchev–Trinajstić information content (AvgIpc) is 3.63. The molecule has 1 aliphatic rings. The van der Waals surface area contributed by atoms with Crippen LogP contribution >= 0.6 is 17.6 Å². The number of methoxy groups -OCH3 is 2. The van der Waals surface area contributed by atoms with Crippen molar-refractivity contribution in [2.45, 2.75) is 46.0 Å². The molecule has 5 aromatic rings. The predicted molar refractivity (Wildman–Crippen MR) is 197 cm³/mol. The van der Waals surface area contributed by atoms with Crippen LogP contribution in [-0.4, -0.2) is 39.4 Å². The van der Waals surface area contributed by atoms with E-state index in [4.69, 9.17) is 32.1 Å². The molecule has 1 fully saturated rings. The summed E-state index contributed by atoms with van der Waals surface area (Å²) in [5, 5.41) is 2.92. The topological polar surface area (TPSA) is 98.8 Å². The molecule has 1 saturated heterocycles. The number of ether oxygens (including phenoxy) is 2. The van der Waals surface area contributed by atoms with E-state index < -0.39 is 35.0 Å². The van der Waals surface area contributed by atoms with E-state index in [1.165, 1.54) is 14.2 Å². The summed E-state index contributed by atoms with van der Waals surface area (Å²) in [5.74, 6) is 0.385. The molecule has 0 aliphatic carbocycles. The number of benzene rings is 5. The number of aryl methyl sites for hydroxylation is 1. The fourth-order valence-corrected chi connectivity index (χ4v) is 7.81. The van der Waals surface area contributed by atoms with Gasteiger partial charge in [0, 0.05) is 16.5 Å². The third-order valence-electron chi connectivity index (χ3n) is 8.86.